The highest BCUT2D eigenvalue weighted by Crippen LogP contribution is 2.26. The van der Waals surface area contributed by atoms with Crippen molar-refractivity contribution in [3.63, 3.8) is 0 Å². The second-order valence-electron chi connectivity index (χ2n) is 5.90. The normalized spacial score (nSPS) is 22.6. The number of hydrogen-bond donors (Lipinski definition) is 2. The Balaban J connectivity index is 1.69. The van der Waals surface area contributed by atoms with Gasteiger partial charge in [0.15, 0.2) is 6.04 Å². The minimum absolute atomic E-state index is 0.0898. The van der Waals surface area contributed by atoms with Crippen LogP contribution in [0.4, 0.5) is 4.79 Å². The van der Waals surface area contributed by atoms with Gasteiger partial charge in [0.25, 0.3) is 5.91 Å². The third-order valence-electron chi connectivity index (χ3n) is 4.45. The number of rotatable bonds is 3. The number of amides is 3. The molecule has 0 bridgehead atoms. The number of benzene rings is 1. The van der Waals surface area contributed by atoms with Gasteiger partial charge in [0, 0.05) is 25.1 Å². The molecule has 3 amide bonds. The lowest BCUT2D eigenvalue weighted by molar-refractivity contribution is -0.715. The molecule has 0 unspecified atom stereocenters. The fourth-order valence-corrected chi connectivity index (χ4v) is 3.35. The van der Waals surface area contributed by atoms with Crippen LogP contribution < -0.4 is 10.6 Å². The van der Waals surface area contributed by atoms with Gasteiger partial charge in [-0.3, -0.25) is 9.69 Å². The van der Waals surface area contributed by atoms with E-state index >= 15 is 0 Å². The SMILES string of the molecule is C[C@@H]([NH2+][C@H]1CCCc2ccccc21)C(=O)N1CCNC1=O. The quantitative estimate of drug-likeness (QED) is 0.854. The monoisotopic (exact) mass is 288 g/mol. The number of nitrogens with zero attached hydrogens (tertiary/aromatic N) is 1. The van der Waals surface area contributed by atoms with Crippen molar-refractivity contribution in [1.82, 2.24) is 10.2 Å². The fourth-order valence-electron chi connectivity index (χ4n) is 3.35. The van der Waals surface area contributed by atoms with Crippen LogP contribution in [0.2, 0.25) is 0 Å². The highest BCUT2D eigenvalue weighted by molar-refractivity contribution is 5.97. The Bertz CT molecular complexity index is 558. The van der Waals surface area contributed by atoms with Crippen molar-refractivity contribution in [2.45, 2.75) is 38.3 Å². The molecule has 1 saturated heterocycles. The summed E-state index contributed by atoms with van der Waals surface area (Å²) >= 11 is 0. The highest BCUT2D eigenvalue weighted by atomic mass is 16.2. The van der Waals surface area contributed by atoms with E-state index in [9.17, 15) is 9.59 Å². The molecule has 1 aliphatic heterocycles. The third kappa shape index (κ3) is 2.78. The molecule has 3 rings (SSSR count). The van der Waals surface area contributed by atoms with Crippen LogP contribution in [0.1, 0.15) is 36.9 Å². The molecular formula is C16H22N3O2+. The molecule has 2 atom stereocenters. The smallest absolute Gasteiger partial charge is 0.324 e. The van der Waals surface area contributed by atoms with Crippen LogP contribution in [0.5, 0.6) is 0 Å². The molecule has 1 aromatic carbocycles. The molecule has 0 aromatic heterocycles. The maximum atomic E-state index is 12.4. The van der Waals surface area contributed by atoms with Crippen molar-refractivity contribution in [3.8, 4) is 0 Å². The van der Waals surface area contributed by atoms with E-state index in [-0.39, 0.29) is 18.0 Å². The van der Waals surface area contributed by atoms with E-state index in [1.165, 1.54) is 16.0 Å². The second kappa shape index (κ2) is 5.85. The van der Waals surface area contributed by atoms with Crippen LogP contribution in [0.3, 0.4) is 0 Å². The molecule has 1 fully saturated rings. The van der Waals surface area contributed by atoms with E-state index in [0.29, 0.717) is 19.1 Å². The summed E-state index contributed by atoms with van der Waals surface area (Å²) in [5, 5.41) is 4.79. The number of aryl methyl sites for hydroxylation is 1. The van der Waals surface area contributed by atoms with Crippen LogP contribution in [0.25, 0.3) is 0 Å². The Kier molecular flexibility index (Phi) is 3.92. The van der Waals surface area contributed by atoms with Crippen molar-refractivity contribution >= 4 is 11.9 Å². The summed E-state index contributed by atoms with van der Waals surface area (Å²) in [5.41, 5.74) is 2.73. The van der Waals surface area contributed by atoms with Gasteiger partial charge in [-0.2, -0.15) is 0 Å². The van der Waals surface area contributed by atoms with Crippen molar-refractivity contribution in [3.05, 3.63) is 35.4 Å². The van der Waals surface area contributed by atoms with Crippen LogP contribution in [-0.2, 0) is 11.2 Å². The van der Waals surface area contributed by atoms with Crippen molar-refractivity contribution < 1.29 is 14.9 Å². The van der Waals surface area contributed by atoms with Gasteiger partial charge in [0.1, 0.15) is 6.04 Å². The van der Waals surface area contributed by atoms with Gasteiger partial charge in [0.2, 0.25) is 0 Å². The number of fused-ring (bicyclic) bond motifs is 1. The van der Waals surface area contributed by atoms with Gasteiger partial charge in [-0.05, 0) is 25.3 Å². The lowest BCUT2D eigenvalue weighted by Gasteiger charge is -2.26. The van der Waals surface area contributed by atoms with E-state index in [0.717, 1.165) is 19.3 Å². The molecule has 1 heterocycles. The van der Waals surface area contributed by atoms with Crippen molar-refractivity contribution in [1.29, 1.82) is 0 Å². The van der Waals surface area contributed by atoms with Crippen LogP contribution in [0, 0.1) is 0 Å². The zero-order chi connectivity index (χ0) is 14.8. The predicted octanol–water partition coefficient (Wildman–Crippen LogP) is 0.568. The maximum Gasteiger partial charge on any atom is 0.324 e. The number of carbonyl (C=O) groups is 2. The van der Waals surface area contributed by atoms with E-state index < -0.39 is 0 Å². The molecule has 0 spiro atoms. The fraction of sp³-hybridized carbons (Fsp3) is 0.500. The molecule has 1 aromatic rings. The third-order valence-corrected chi connectivity index (χ3v) is 4.45. The van der Waals surface area contributed by atoms with E-state index in [4.69, 9.17) is 0 Å². The molecule has 5 heteroatoms. The van der Waals surface area contributed by atoms with Crippen molar-refractivity contribution in [2.75, 3.05) is 13.1 Å². The molecule has 0 saturated carbocycles. The summed E-state index contributed by atoms with van der Waals surface area (Å²) in [6, 6.07) is 8.30. The lowest BCUT2D eigenvalue weighted by Crippen LogP contribution is -2.93. The number of carbonyl (C=O) groups excluding carboxylic acids is 2. The van der Waals surface area contributed by atoms with Gasteiger partial charge in [-0.25, -0.2) is 4.79 Å². The number of nitrogens with one attached hydrogen (secondary N) is 1. The summed E-state index contributed by atoms with van der Waals surface area (Å²) < 4.78 is 0. The van der Waals surface area contributed by atoms with E-state index in [2.05, 4.69) is 34.9 Å². The molecule has 0 radical (unpaired) electrons. The number of hydrogen-bond acceptors (Lipinski definition) is 2. The van der Waals surface area contributed by atoms with Gasteiger partial charge >= 0.3 is 6.03 Å². The summed E-state index contributed by atoms with van der Waals surface area (Å²) in [6.45, 7) is 2.94. The predicted molar refractivity (Wildman–Crippen MR) is 78.6 cm³/mol. The molecule has 3 N–H and O–H groups in total. The molecule has 2 aliphatic rings. The summed E-state index contributed by atoms with van der Waals surface area (Å²) in [6.07, 6.45) is 3.36. The Labute approximate surface area is 124 Å². The maximum absolute atomic E-state index is 12.4. The average molecular weight is 288 g/mol. The zero-order valence-electron chi connectivity index (χ0n) is 12.3. The van der Waals surface area contributed by atoms with Crippen LogP contribution in [0.15, 0.2) is 24.3 Å². The van der Waals surface area contributed by atoms with Crippen LogP contribution in [-0.4, -0.2) is 36.0 Å². The minimum Gasteiger partial charge on any atom is -0.336 e. The first-order chi connectivity index (χ1) is 10.2. The Morgan fingerprint density at radius 2 is 2.24 bits per heavy atom. The minimum atomic E-state index is -0.260. The van der Waals surface area contributed by atoms with Gasteiger partial charge in [0.05, 0.1) is 0 Å². The molecule has 5 nitrogen and oxygen atoms in total. The summed E-state index contributed by atoms with van der Waals surface area (Å²) in [4.78, 5) is 25.3. The Morgan fingerprint density at radius 3 is 3.00 bits per heavy atom. The first-order valence-electron chi connectivity index (χ1n) is 7.69. The zero-order valence-corrected chi connectivity index (χ0v) is 12.3. The first-order valence-corrected chi connectivity index (χ1v) is 7.69. The van der Waals surface area contributed by atoms with Gasteiger partial charge in [-0.1, -0.05) is 24.3 Å². The second-order valence-corrected chi connectivity index (χ2v) is 5.90. The highest BCUT2D eigenvalue weighted by Gasteiger charge is 2.34. The molecular weight excluding hydrogens is 266 g/mol. The number of quaternary nitrogens is 1. The first kappa shape index (κ1) is 14.1. The average Bonchev–Trinajstić information content (AvgIpc) is 2.93. The largest absolute Gasteiger partial charge is 0.336 e. The van der Waals surface area contributed by atoms with E-state index in [1.807, 2.05) is 6.92 Å². The van der Waals surface area contributed by atoms with Crippen LogP contribution >= 0.6 is 0 Å². The summed E-state index contributed by atoms with van der Waals surface area (Å²) in [5.74, 6) is -0.0898. The Hall–Kier alpha value is -1.88. The topological polar surface area (TPSA) is 66.0 Å². The lowest BCUT2D eigenvalue weighted by atomic mass is 9.87. The molecule has 21 heavy (non-hydrogen) atoms. The Morgan fingerprint density at radius 1 is 1.43 bits per heavy atom. The standard InChI is InChI=1S/C16H21N3O2/c1-11(15(20)19-10-9-17-16(19)21)18-14-8-4-6-12-5-2-3-7-13(12)14/h2-3,5,7,11,14,18H,4,6,8-10H2,1H3,(H,17,21)/p+1/t11-,14+/m1/s1. The number of nitrogens with two attached hydrogens (primary N) is 1. The molecule has 1 aliphatic carbocycles. The van der Waals surface area contributed by atoms with Gasteiger partial charge in [-0.15, -0.1) is 0 Å². The summed E-state index contributed by atoms with van der Waals surface area (Å²) in [7, 11) is 0. The van der Waals surface area contributed by atoms with E-state index in [1.54, 1.807) is 0 Å². The molecule has 112 valence electrons. The van der Waals surface area contributed by atoms with Gasteiger partial charge < -0.3 is 10.6 Å². The number of imide groups is 1. The number of urea groups is 1. The van der Waals surface area contributed by atoms with Crippen molar-refractivity contribution in [2.24, 2.45) is 0 Å².